The number of amides is 4. The number of imide groups is 1. The van der Waals surface area contributed by atoms with Crippen LogP contribution in [0.2, 0.25) is 0 Å². The summed E-state index contributed by atoms with van der Waals surface area (Å²) in [5.74, 6) is -6.19. The van der Waals surface area contributed by atoms with Gasteiger partial charge in [-0.2, -0.15) is 0 Å². The van der Waals surface area contributed by atoms with Gasteiger partial charge in [0.15, 0.2) is 17.5 Å². The summed E-state index contributed by atoms with van der Waals surface area (Å²) in [6.45, 7) is -0.687. The van der Waals surface area contributed by atoms with E-state index in [-0.39, 0.29) is 0 Å². The van der Waals surface area contributed by atoms with Crippen molar-refractivity contribution < 1.29 is 27.6 Å². The largest absolute Gasteiger partial charge is 0.325 e. The molecule has 0 aromatic heterocycles. The molecule has 4 amide bonds. The molecule has 1 saturated heterocycles. The number of halogens is 3. The first-order valence-corrected chi connectivity index (χ1v) is 8.49. The third-order valence-corrected chi connectivity index (χ3v) is 5.03. The molecule has 2 aromatic rings. The van der Waals surface area contributed by atoms with Crippen molar-refractivity contribution in [2.75, 3.05) is 11.9 Å². The fourth-order valence-corrected chi connectivity index (χ4v) is 3.69. The molecule has 2 aromatic carbocycles. The van der Waals surface area contributed by atoms with Gasteiger partial charge in [0, 0.05) is 0 Å². The van der Waals surface area contributed by atoms with Gasteiger partial charge < -0.3 is 10.6 Å². The molecule has 1 heterocycles. The van der Waals surface area contributed by atoms with Crippen LogP contribution in [-0.4, -0.2) is 29.3 Å². The van der Waals surface area contributed by atoms with Gasteiger partial charge in [-0.1, -0.05) is 24.3 Å². The molecule has 9 heteroatoms. The van der Waals surface area contributed by atoms with Gasteiger partial charge in [0.1, 0.15) is 12.1 Å². The predicted octanol–water partition coefficient (Wildman–Crippen LogP) is 2.44. The van der Waals surface area contributed by atoms with Crippen LogP contribution in [0.5, 0.6) is 0 Å². The third-order valence-electron chi connectivity index (χ3n) is 5.03. The van der Waals surface area contributed by atoms with E-state index in [9.17, 15) is 27.6 Å². The Labute approximate surface area is 157 Å². The SMILES string of the molecule is O=C(CN1C(=O)NC2(CCc3ccccc32)C1=O)Nc1ccc(F)c(F)c1F. The molecular formula is C19H14F3N3O3. The van der Waals surface area contributed by atoms with Gasteiger partial charge in [-0.05, 0) is 36.1 Å². The molecule has 144 valence electrons. The Morgan fingerprint density at radius 1 is 1.11 bits per heavy atom. The number of benzene rings is 2. The van der Waals surface area contributed by atoms with E-state index < -0.39 is 53.1 Å². The van der Waals surface area contributed by atoms with Crippen molar-refractivity contribution in [2.45, 2.75) is 18.4 Å². The van der Waals surface area contributed by atoms with Crippen LogP contribution in [0.3, 0.4) is 0 Å². The summed E-state index contributed by atoms with van der Waals surface area (Å²) in [6, 6.07) is 7.97. The van der Waals surface area contributed by atoms with Crippen LogP contribution in [0.25, 0.3) is 0 Å². The summed E-state index contributed by atoms with van der Waals surface area (Å²) >= 11 is 0. The van der Waals surface area contributed by atoms with Crippen molar-refractivity contribution in [3.8, 4) is 0 Å². The minimum Gasteiger partial charge on any atom is -0.322 e. The Hall–Kier alpha value is -3.36. The van der Waals surface area contributed by atoms with Crippen LogP contribution in [-0.2, 0) is 21.5 Å². The van der Waals surface area contributed by atoms with E-state index in [0.717, 1.165) is 16.5 Å². The zero-order valence-corrected chi connectivity index (χ0v) is 14.4. The Bertz CT molecular complexity index is 1030. The normalized spacial score (nSPS) is 20.5. The van der Waals surface area contributed by atoms with Gasteiger partial charge in [0.2, 0.25) is 5.91 Å². The summed E-state index contributed by atoms with van der Waals surface area (Å²) in [5, 5.41) is 4.71. The molecular weight excluding hydrogens is 375 g/mol. The van der Waals surface area contributed by atoms with Crippen LogP contribution in [0.15, 0.2) is 36.4 Å². The minimum atomic E-state index is -1.73. The molecule has 6 nitrogen and oxygen atoms in total. The maximum atomic E-state index is 13.7. The number of carbonyl (C=O) groups is 3. The molecule has 0 radical (unpaired) electrons. The second-order valence-corrected chi connectivity index (χ2v) is 6.66. The van der Waals surface area contributed by atoms with E-state index in [1.54, 1.807) is 12.1 Å². The lowest BCUT2D eigenvalue weighted by atomic mass is 9.92. The monoisotopic (exact) mass is 389 g/mol. The average molecular weight is 389 g/mol. The average Bonchev–Trinajstić information content (AvgIpc) is 3.16. The second kappa shape index (κ2) is 6.36. The molecule has 4 rings (SSSR count). The predicted molar refractivity (Wildman–Crippen MR) is 91.6 cm³/mol. The molecule has 2 aliphatic rings. The number of urea groups is 1. The summed E-state index contributed by atoms with van der Waals surface area (Å²) in [7, 11) is 0. The number of nitrogens with one attached hydrogen (secondary N) is 2. The number of aryl methyl sites for hydroxylation is 1. The van der Waals surface area contributed by atoms with E-state index in [1.165, 1.54) is 0 Å². The van der Waals surface area contributed by atoms with Crippen LogP contribution in [0.1, 0.15) is 17.5 Å². The molecule has 1 aliphatic heterocycles. The highest BCUT2D eigenvalue weighted by molar-refractivity contribution is 6.10. The number of carbonyl (C=O) groups excluding carboxylic acids is 3. The van der Waals surface area contributed by atoms with Crippen molar-refractivity contribution in [2.24, 2.45) is 0 Å². The third kappa shape index (κ3) is 2.62. The maximum absolute atomic E-state index is 13.7. The fourth-order valence-electron chi connectivity index (χ4n) is 3.69. The Morgan fingerprint density at radius 2 is 1.86 bits per heavy atom. The Morgan fingerprint density at radius 3 is 2.64 bits per heavy atom. The zero-order valence-electron chi connectivity index (χ0n) is 14.4. The van der Waals surface area contributed by atoms with E-state index >= 15 is 0 Å². The zero-order chi connectivity index (χ0) is 20.1. The molecule has 28 heavy (non-hydrogen) atoms. The minimum absolute atomic E-state index is 0.368. The first-order chi connectivity index (χ1) is 13.3. The van der Waals surface area contributed by atoms with Crippen LogP contribution >= 0.6 is 0 Å². The van der Waals surface area contributed by atoms with Gasteiger partial charge in [0.25, 0.3) is 5.91 Å². The number of hydrogen-bond donors (Lipinski definition) is 2. The highest BCUT2D eigenvalue weighted by Crippen LogP contribution is 2.41. The molecule has 2 N–H and O–H groups in total. The van der Waals surface area contributed by atoms with Gasteiger partial charge >= 0.3 is 6.03 Å². The molecule has 1 atom stereocenters. The Kier molecular flexibility index (Phi) is 4.10. The van der Waals surface area contributed by atoms with Crippen molar-refractivity contribution >= 4 is 23.5 Å². The maximum Gasteiger partial charge on any atom is 0.325 e. The van der Waals surface area contributed by atoms with Crippen LogP contribution in [0, 0.1) is 17.5 Å². The first kappa shape index (κ1) is 18.0. The lowest BCUT2D eigenvalue weighted by molar-refractivity contribution is -0.134. The molecule has 1 unspecified atom stereocenters. The standard InChI is InChI=1S/C19H14F3N3O3/c20-12-5-6-13(16(22)15(12)21)23-14(26)9-25-17(27)19(24-18(25)28)8-7-10-3-1-2-4-11(10)19/h1-6H,7-9H2,(H,23,26)(H,24,28). The number of anilines is 1. The fraction of sp³-hybridized carbons (Fsp3) is 0.211. The lowest BCUT2D eigenvalue weighted by Gasteiger charge is -2.22. The second-order valence-electron chi connectivity index (χ2n) is 6.66. The molecule has 0 bridgehead atoms. The number of rotatable bonds is 3. The highest BCUT2D eigenvalue weighted by Gasteiger charge is 2.55. The molecule has 0 saturated carbocycles. The quantitative estimate of drug-likeness (QED) is 0.625. The van der Waals surface area contributed by atoms with Crippen molar-refractivity contribution in [3.05, 3.63) is 65.0 Å². The van der Waals surface area contributed by atoms with Gasteiger partial charge in [-0.25, -0.2) is 18.0 Å². The number of fused-ring (bicyclic) bond motifs is 2. The molecule has 1 spiro atoms. The van der Waals surface area contributed by atoms with E-state index in [2.05, 4.69) is 5.32 Å². The summed E-state index contributed by atoms with van der Waals surface area (Å²) < 4.78 is 40.0. The number of nitrogens with zero attached hydrogens (tertiary/aromatic N) is 1. The van der Waals surface area contributed by atoms with Crippen molar-refractivity contribution in [3.63, 3.8) is 0 Å². The summed E-state index contributed by atoms with van der Waals surface area (Å²) in [4.78, 5) is 38.2. The summed E-state index contributed by atoms with van der Waals surface area (Å²) in [6.07, 6.45) is 0.967. The first-order valence-electron chi connectivity index (χ1n) is 8.49. The lowest BCUT2D eigenvalue weighted by Crippen LogP contribution is -2.43. The van der Waals surface area contributed by atoms with Crippen molar-refractivity contribution in [1.29, 1.82) is 0 Å². The van der Waals surface area contributed by atoms with Gasteiger partial charge in [0.05, 0.1) is 5.69 Å². The Balaban J connectivity index is 1.53. The van der Waals surface area contributed by atoms with Crippen LogP contribution < -0.4 is 10.6 Å². The van der Waals surface area contributed by atoms with Crippen LogP contribution in [0.4, 0.5) is 23.7 Å². The summed E-state index contributed by atoms with van der Waals surface area (Å²) in [5.41, 5.74) is -0.188. The van der Waals surface area contributed by atoms with Crippen molar-refractivity contribution in [1.82, 2.24) is 10.2 Å². The van der Waals surface area contributed by atoms with E-state index in [4.69, 9.17) is 0 Å². The molecule has 1 fully saturated rings. The van der Waals surface area contributed by atoms with Gasteiger partial charge in [-0.3, -0.25) is 14.5 Å². The van der Waals surface area contributed by atoms with Gasteiger partial charge in [-0.15, -0.1) is 0 Å². The highest BCUT2D eigenvalue weighted by atomic mass is 19.2. The van der Waals surface area contributed by atoms with E-state index in [0.29, 0.717) is 24.5 Å². The molecule has 1 aliphatic carbocycles. The number of hydrogen-bond acceptors (Lipinski definition) is 3. The van der Waals surface area contributed by atoms with E-state index in [1.807, 2.05) is 17.4 Å². The topological polar surface area (TPSA) is 78.5 Å². The smallest absolute Gasteiger partial charge is 0.322 e.